The van der Waals surface area contributed by atoms with E-state index in [9.17, 15) is 19.8 Å². The Bertz CT molecular complexity index is 972. The van der Waals surface area contributed by atoms with Crippen molar-refractivity contribution >= 4 is 11.9 Å². The SMILES string of the molecule is CCCCC/C=C\C/C=C\C/C=C\C/C=C\CCCC(CC(=O)NC(CO)C(O)CCCCCCCCCCCC)OC(=O)CCCCCCCCCCCC. The van der Waals surface area contributed by atoms with Crippen LogP contribution in [0.4, 0.5) is 0 Å². The summed E-state index contributed by atoms with van der Waals surface area (Å²) in [5.74, 6) is -0.527. The molecule has 56 heavy (non-hydrogen) atoms. The number of nitrogens with one attached hydrogen (secondary N) is 1. The third kappa shape index (κ3) is 38.7. The Kier molecular flexibility index (Phi) is 42.2. The normalized spacial score (nSPS) is 13.7. The highest BCUT2D eigenvalue weighted by Crippen LogP contribution is 2.16. The van der Waals surface area contributed by atoms with Gasteiger partial charge in [0, 0.05) is 6.42 Å². The second kappa shape index (κ2) is 43.9. The minimum Gasteiger partial charge on any atom is -0.462 e. The molecule has 0 aromatic rings. The number of unbranched alkanes of at least 4 members (excludes halogenated alkanes) is 22. The molecule has 0 radical (unpaired) electrons. The summed E-state index contributed by atoms with van der Waals surface area (Å²) in [6.45, 7) is 6.41. The molecule has 0 aliphatic heterocycles. The first-order valence-corrected chi connectivity index (χ1v) is 23.9. The Hall–Kier alpha value is -2.18. The molecular weight excluding hydrogens is 695 g/mol. The van der Waals surface area contributed by atoms with Gasteiger partial charge < -0.3 is 20.3 Å². The number of ether oxygens (including phenoxy) is 1. The second-order valence-corrected chi connectivity index (χ2v) is 16.2. The zero-order valence-electron chi connectivity index (χ0n) is 37.0. The van der Waals surface area contributed by atoms with Crippen molar-refractivity contribution in [2.45, 2.75) is 251 Å². The van der Waals surface area contributed by atoms with Gasteiger partial charge in [-0.25, -0.2) is 0 Å². The number of allylic oxidation sites excluding steroid dienone is 8. The van der Waals surface area contributed by atoms with Crippen molar-refractivity contribution in [1.29, 1.82) is 0 Å². The van der Waals surface area contributed by atoms with Crippen molar-refractivity contribution in [1.82, 2.24) is 5.32 Å². The van der Waals surface area contributed by atoms with Crippen molar-refractivity contribution < 1.29 is 24.5 Å². The first kappa shape index (κ1) is 53.8. The van der Waals surface area contributed by atoms with Crippen LogP contribution in [0.5, 0.6) is 0 Å². The topological polar surface area (TPSA) is 95.9 Å². The van der Waals surface area contributed by atoms with E-state index in [-0.39, 0.29) is 24.9 Å². The maximum Gasteiger partial charge on any atom is 0.306 e. The quantitative estimate of drug-likeness (QED) is 0.0325. The number of esters is 1. The van der Waals surface area contributed by atoms with Crippen LogP contribution in [0.25, 0.3) is 0 Å². The van der Waals surface area contributed by atoms with Gasteiger partial charge in [-0.2, -0.15) is 0 Å². The summed E-state index contributed by atoms with van der Waals surface area (Å²) in [5, 5.41) is 23.6. The molecule has 0 saturated heterocycles. The molecule has 0 aliphatic carbocycles. The van der Waals surface area contributed by atoms with Crippen LogP contribution in [-0.4, -0.2) is 46.9 Å². The molecule has 0 bridgehead atoms. The van der Waals surface area contributed by atoms with E-state index in [0.717, 1.165) is 70.6 Å². The smallest absolute Gasteiger partial charge is 0.306 e. The van der Waals surface area contributed by atoms with Gasteiger partial charge in [-0.15, -0.1) is 0 Å². The van der Waals surface area contributed by atoms with Crippen LogP contribution in [-0.2, 0) is 14.3 Å². The Labute approximate surface area is 346 Å². The highest BCUT2D eigenvalue weighted by atomic mass is 16.5. The van der Waals surface area contributed by atoms with Gasteiger partial charge in [-0.3, -0.25) is 9.59 Å². The molecule has 3 unspecified atom stereocenters. The number of amides is 1. The monoisotopic (exact) mass is 786 g/mol. The Morgan fingerprint density at radius 1 is 0.518 bits per heavy atom. The molecule has 1 amide bonds. The van der Waals surface area contributed by atoms with Crippen LogP contribution in [0.15, 0.2) is 48.6 Å². The van der Waals surface area contributed by atoms with Gasteiger partial charge in [-0.05, 0) is 64.2 Å². The average Bonchev–Trinajstić information content (AvgIpc) is 3.19. The minimum atomic E-state index is -0.798. The van der Waals surface area contributed by atoms with E-state index in [1.165, 1.54) is 116 Å². The van der Waals surface area contributed by atoms with E-state index < -0.39 is 18.2 Å². The maximum absolute atomic E-state index is 13.1. The first-order chi connectivity index (χ1) is 27.5. The van der Waals surface area contributed by atoms with Gasteiger partial charge in [0.05, 0.1) is 25.2 Å². The maximum atomic E-state index is 13.1. The van der Waals surface area contributed by atoms with Crippen molar-refractivity contribution in [3.8, 4) is 0 Å². The van der Waals surface area contributed by atoms with Crippen LogP contribution >= 0.6 is 0 Å². The summed E-state index contributed by atoms with van der Waals surface area (Å²) in [6.07, 6.45) is 51.7. The summed E-state index contributed by atoms with van der Waals surface area (Å²) in [7, 11) is 0. The number of carbonyl (C=O) groups excluding carboxylic acids is 2. The van der Waals surface area contributed by atoms with Crippen LogP contribution in [0, 0.1) is 0 Å². The molecule has 0 aromatic carbocycles. The van der Waals surface area contributed by atoms with E-state index in [1.54, 1.807) is 0 Å². The standard InChI is InChI=1S/C50H91NO5/c1-4-7-10-13-16-19-22-23-24-25-26-27-28-29-32-35-38-41-46(56-50(55)43-40-37-34-31-21-18-15-12-9-6-3)44-49(54)51-47(45-52)48(53)42-39-36-33-30-20-17-14-11-8-5-2/h16,19,23-24,26-27,29,32,46-48,52-53H,4-15,17-18,20-22,25,28,30-31,33-45H2,1-3H3,(H,51,54)/b19-16-,24-23-,27-26-,32-29-. The second-order valence-electron chi connectivity index (χ2n) is 16.2. The lowest BCUT2D eigenvalue weighted by molar-refractivity contribution is -0.151. The average molecular weight is 786 g/mol. The van der Waals surface area contributed by atoms with Gasteiger partial charge in [0.15, 0.2) is 0 Å². The summed E-state index contributed by atoms with van der Waals surface area (Å²) >= 11 is 0. The highest BCUT2D eigenvalue weighted by molar-refractivity contribution is 5.77. The molecule has 0 aromatic heterocycles. The fourth-order valence-corrected chi connectivity index (χ4v) is 7.01. The predicted molar refractivity (Wildman–Crippen MR) is 241 cm³/mol. The summed E-state index contributed by atoms with van der Waals surface area (Å²) in [5.41, 5.74) is 0. The van der Waals surface area contributed by atoms with Gasteiger partial charge in [0.25, 0.3) is 0 Å². The predicted octanol–water partition coefficient (Wildman–Crippen LogP) is 13.9. The van der Waals surface area contributed by atoms with Crippen LogP contribution in [0.1, 0.15) is 233 Å². The van der Waals surface area contributed by atoms with Crippen LogP contribution in [0.2, 0.25) is 0 Å². The minimum absolute atomic E-state index is 0.0415. The summed E-state index contributed by atoms with van der Waals surface area (Å²) in [6, 6.07) is -0.715. The number of hydrogen-bond acceptors (Lipinski definition) is 5. The molecule has 6 nitrogen and oxygen atoms in total. The zero-order valence-corrected chi connectivity index (χ0v) is 37.0. The molecule has 6 heteroatoms. The third-order valence-electron chi connectivity index (χ3n) is 10.7. The van der Waals surface area contributed by atoms with Gasteiger partial charge >= 0.3 is 5.97 Å². The highest BCUT2D eigenvalue weighted by Gasteiger charge is 2.24. The lowest BCUT2D eigenvalue weighted by atomic mass is 10.0. The Morgan fingerprint density at radius 2 is 0.929 bits per heavy atom. The lowest BCUT2D eigenvalue weighted by Gasteiger charge is -2.24. The number of aliphatic hydroxyl groups is 2. The molecule has 0 fully saturated rings. The van der Waals surface area contributed by atoms with E-state index in [1.807, 2.05) is 0 Å². The molecule has 0 rings (SSSR count). The third-order valence-corrected chi connectivity index (χ3v) is 10.7. The Balaban J connectivity index is 4.70. The van der Waals surface area contributed by atoms with Crippen LogP contribution < -0.4 is 5.32 Å². The number of carbonyl (C=O) groups is 2. The van der Waals surface area contributed by atoms with Crippen LogP contribution in [0.3, 0.4) is 0 Å². The zero-order chi connectivity index (χ0) is 41.0. The fourth-order valence-electron chi connectivity index (χ4n) is 7.01. The molecule has 0 heterocycles. The first-order valence-electron chi connectivity index (χ1n) is 23.9. The molecule has 3 atom stereocenters. The van der Waals surface area contributed by atoms with Crippen molar-refractivity contribution in [2.75, 3.05) is 6.61 Å². The van der Waals surface area contributed by atoms with Gasteiger partial charge in [-0.1, -0.05) is 204 Å². The molecule has 326 valence electrons. The number of rotatable bonds is 42. The number of aliphatic hydroxyl groups excluding tert-OH is 2. The molecule has 3 N–H and O–H groups in total. The van der Waals surface area contributed by atoms with E-state index in [2.05, 4.69) is 74.7 Å². The molecular formula is C50H91NO5. The summed E-state index contributed by atoms with van der Waals surface area (Å²) < 4.78 is 5.88. The fraction of sp³-hybridized carbons (Fsp3) is 0.800. The van der Waals surface area contributed by atoms with E-state index >= 15 is 0 Å². The molecule has 0 aliphatic rings. The van der Waals surface area contributed by atoms with Crippen molar-refractivity contribution in [3.05, 3.63) is 48.6 Å². The van der Waals surface area contributed by atoms with E-state index in [0.29, 0.717) is 19.3 Å². The Morgan fingerprint density at radius 3 is 1.41 bits per heavy atom. The van der Waals surface area contributed by atoms with Gasteiger partial charge in [0.2, 0.25) is 5.91 Å². The largest absolute Gasteiger partial charge is 0.462 e. The summed E-state index contributed by atoms with van der Waals surface area (Å²) in [4.78, 5) is 26.0. The molecule has 0 saturated carbocycles. The van der Waals surface area contributed by atoms with Gasteiger partial charge in [0.1, 0.15) is 6.10 Å². The number of hydrogen-bond donors (Lipinski definition) is 3. The molecule has 0 spiro atoms. The van der Waals surface area contributed by atoms with Crippen molar-refractivity contribution in [2.24, 2.45) is 0 Å². The lowest BCUT2D eigenvalue weighted by Crippen LogP contribution is -2.46. The van der Waals surface area contributed by atoms with Crippen molar-refractivity contribution in [3.63, 3.8) is 0 Å². The van der Waals surface area contributed by atoms with E-state index in [4.69, 9.17) is 4.74 Å².